The maximum absolute atomic E-state index is 12.2. The van der Waals surface area contributed by atoms with E-state index in [9.17, 15) is 4.79 Å². The molecule has 0 bridgehead atoms. The van der Waals surface area contributed by atoms with Crippen LogP contribution >= 0.6 is 12.4 Å². The monoisotopic (exact) mass is 259 g/mol. The van der Waals surface area contributed by atoms with E-state index >= 15 is 0 Å². The lowest BCUT2D eigenvalue weighted by molar-refractivity contribution is 0.103. The third kappa shape index (κ3) is 2.10. The summed E-state index contributed by atoms with van der Waals surface area (Å²) in [5.74, 6) is -0.00417. The highest BCUT2D eigenvalue weighted by Crippen LogP contribution is 2.14. The second-order valence-corrected chi connectivity index (χ2v) is 3.72. The molecular weight excluding hydrogens is 250 g/mol. The van der Waals surface area contributed by atoms with E-state index in [-0.39, 0.29) is 18.2 Å². The molecule has 0 spiro atoms. The van der Waals surface area contributed by atoms with Crippen LogP contribution in [0.1, 0.15) is 15.9 Å². The van der Waals surface area contributed by atoms with Gasteiger partial charge in [0.05, 0.1) is 0 Å². The van der Waals surface area contributed by atoms with Crippen molar-refractivity contribution in [1.29, 1.82) is 0 Å². The van der Waals surface area contributed by atoms with Gasteiger partial charge in [0.25, 0.3) is 0 Å². The molecule has 0 saturated carbocycles. The zero-order valence-electron chi connectivity index (χ0n) is 9.33. The Bertz CT molecular complexity index is 679. The normalized spacial score (nSPS) is 10.0. The molecular formula is C13H10ClN3O. The summed E-state index contributed by atoms with van der Waals surface area (Å²) in [5, 5.41) is 10.4. The third-order valence-corrected chi connectivity index (χ3v) is 2.61. The van der Waals surface area contributed by atoms with Gasteiger partial charge >= 0.3 is 0 Å². The maximum Gasteiger partial charge on any atom is 0.193 e. The van der Waals surface area contributed by atoms with Gasteiger partial charge in [-0.15, -0.1) is 12.4 Å². The fourth-order valence-corrected chi connectivity index (χ4v) is 1.74. The Kier molecular flexibility index (Phi) is 3.39. The number of carbonyl (C=O) groups excluding carboxylic acids is 1. The van der Waals surface area contributed by atoms with Crippen LogP contribution in [0.15, 0.2) is 48.5 Å². The maximum atomic E-state index is 12.2. The Balaban J connectivity index is 0.00000120. The third-order valence-electron chi connectivity index (χ3n) is 2.61. The number of aromatic nitrogens is 3. The Morgan fingerprint density at radius 1 is 0.889 bits per heavy atom. The van der Waals surface area contributed by atoms with Crippen molar-refractivity contribution in [2.45, 2.75) is 0 Å². The molecule has 0 atom stereocenters. The van der Waals surface area contributed by atoms with Crippen molar-refractivity contribution >= 4 is 29.2 Å². The molecule has 2 aromatic carbocycles. The van der Waals surface area contributed by atoms with E-state index in [0.717, 1.165) is 5.52 Å². The van der Waals surface area contributed by atoms with Crippen molar-refractivity contribution in [3.63, 3.8) is 0 Å². The molecule has 4 nitrogen and oxygen atoms in total. The molecule has 1 N–H and O–H groups in total. The fourth-order valence-electron chi connectivity index (χ4n) is 1.74. The molecule has 5 heteroatoms. The van der Waals surface area contributed by atoms with Gasteiger partial charge in [0, 0.05) is 11.1 Å². The standard InChI is InChI=1S/C13H9N3O.ClH/c17-13(9-4-2-1-3-5-9)10-6-7-11-12(8-10)15-16-14-11;/h1-8H,(H,14,15,16);1H. The minimum absolute atomic E-state index is 0. The van der Waals surface area contributed by atoms with E-state index in [0.29, 0.717) is 16.6 Å². The van der Waals surface area contributed by atoms with E-state index in [1.165, 1.54) is 0 Å². The van der Waals surface area contributed by atoms with E-state index in [1.807, 2.05) is 18.2 Å². The number of hydrogen-bond acceptors (Lipinski definition) is 3. The fraction of sp³-hybridized carbons (Fsp3) is 0. The van der Waals surface area contributed by atoms with Crippen LogP contribution in [-0.2, 0) is 0 Å². The molecule has 0 aliphatic heterocycles. The largest absolute Gasteiger partial charge is 0.289 e. The highest BCUT2D eigenvalue weighted by molar-refractivity contribution is 6.10. The predicted molar refractivity (Wildman–Crippen MR) is 71.0 cm³/mol. The summed E-state index contributed by atoms with van der Waals surface area (Å²) in [5.41, 5.74) is 2.76. The molecule has 3 rings (SSSR count). The van der Waals surface area contributed by atoms with Gasteiger partial charge in [-0.2, -0.15) is 15.4 Å². The summed E-state index contributed by atoms with van der Waals surface area (Å²) < 4.78 is 0. The van der Waals surface area contributed by atoms with E-state index in [2.05, 4.69) is 15.4 Å². The molecule has 0 fully saturated rings. The minimum atomic E-state index is -0.00417. The number of aromatic amines is 1. The Hall–Kier alpha value is -2.20. The van der Waals surface area contributed by atoms with Gasteiger partial charge < -0.3 is 0 Å². The molecule has 0 aliphatic carbocycles. The molecule has 1 heterocycles. The number of ketones is 1. The van der Waals surface area contributed by atoms with Crippen LogP contribution in [0, 0.1) is 0 Å². The Morgan fingerprint density at radius 2 is 1.61 bits per heavy atom. The van der Waals surface area contributed by atoms with Crippen molar-refractivity contribution in [2.75, 3.05) is 0 Å². The van der Waals surface area contributed by atoms with Crippen molar-refractivity contribution in [3.8, 4) is 0 Å². The number of halogens is 1. The zero-order chi connectivity index (χ0) is 11.7. The number of carbonyl (C=O) groups is 1. The van der Waals surface area contributed by atoms with Crippen molar-refractivity contribution in [2.24, 2.45) is 0 Å². The Labute approximate surface area is 109 Å². The first kappa shape index (κ1) is 12.3. The molecule has 0 radical (unpaired) electrons. The van der Waals surface area contributed by atoms with Crippen LogP contribution in [0.25, 0.3) is 11.0 Å². The number of H-pyrrole nitrogens is 1. The van der Waals surface area contributed by atoms with Crippen LogP contribution in [0.4, 0.5) is 0 Å². The van der Waals surface area contributed by atoms with Gasteiger partial charge in [-0.1, -0.05) is 30.3 Å². The molecule has 0 amide bonds. The predicted octanol–water partition coefficient (Wildman–Crippen LogP) is 2.61. The lowest BCUT2D eigenvalue weighted by Crippen LogP contribution is -2.00. The number of hydrogen-bond donors (Lipinski definition) is 1. The van der Waals surface area contributed by atoms with Crippen LogP contribution in [0.5, 0.6) is 0 Å². The van der Waals surface area contributed by atoms with E-state index in [1.54, 1.807) is 30.3 Å². The zero-order valence-corrected chi connectivity index (χ0v) is 10.1. The number of fused-ring (bicyclic) bond motifs is 1. The summed E-state index contributed by atoms with van der Waals surface area (Å²) in [4.78, 5) is 12.2. The number of nitrogens with one attached hydrogen (secondary N) is 1. The molecule has 1 aromatic heterocycles. The van der Waals surface area contributed by atoms with Gasteiger partial charge in [0.15, 0.2) is 5.78 Å². The molecule has 0 unspecified atom stereocenters. The average Bonchev–Trinajstić information content (AvgIpc) is 2.86. The second kappa shape index (κ2) is 4.98. The summed E-state index contributed by atoms with van der Waals surface area (Å²) in [6.45, 7) is 0. The summed E-state index contributed by atoms with van der Waals surface area (Å²) in [7, 11) is 0. The highest BCUT2D eigenvalue weighted by atomic mass is 35.5. The highest BCUT2D eigenvalue weighted by Gasteiger charge is 2.09. The summed E-state index contributed by atoms with van der Waals surface area (Å²) in [6, 6.07) is 14.5. The smallest absolute Gasteiger partial charge is 0.193 e. The van der Waals surface area contributed by atoms with Crippen LogP contribution in [-0.4, -0.2) is 21.2 Å². The average molecular weight is 260 g/mol. The lowest BCUT2D eigenvalue weighted by Gasteiger charge is -2.00. The van der Waals surface area contributed by atoms with Gasteiger partial charge in [0.2, 0.25) is 0 Å². The van der Waals surface area contributed by atoms with Crippen molar-refractivity contribution in [1.82, 2.24) is 15.4 Å². The van der Waals surface area contributed by atoms with Gasteiger partial charge in [-0.3, -0.25) is 4.79 Å². The molecule has 3 aromatic rings. The molecule has 90 valence electrons. The first-order valence-electron chi connectivity index (χ1n) is 5.25. The van der Waals surface area contributed by atoms with Crippen LogP contribution in [0.2, 0.25) is 0 Å². The van der Waals surface area contributed by atoms with E-state index in [4.69, 9.17) is 0 Å². The van der Waals surface area contributed by atoms with Crippen LogP contribution < -0.4 is 0 Å². The van der Waals surface area contributed by atoms with Crippen molar-refractivity contribution < 1.29 is 4.79 Å². The number of benzene rings is 2. The van der Waals surface area contributed by atoms with Gasteiger partial charge in [0.1, 0.15) is 11.0 Å². The van der Waals surface area contributed by atoms with Gasteiger partial charge in [-0.05, 0) is 18.2 Å². The summed E-state index contributed by atoms with van der Waals surface area (Å²) in [6.07, 6.45) is 0. The van der Waals surface area contributed by atoms with Crippen LogP contribution in [0.3, 0.4) is 0 Å². The number of nitrogens with zero attached hydrogens (tertiary/aromatic N) is 2. The second-order valence-electron chi connectivity index (χ2n) is 3.72. The van der Waals surface area contributed by atoms with E-state index < -0.39 is 0 Å². The number of rotatable bonds is 2. The minimum Gasteiger partial charge on any atom is -0.289 e. The van der Waals surface area contributed by atoms with Gasteiger partial charge in [-0.25, -0.2) is 0 Å². The quantitative estimate of drug-likeness (QED) is 0.720. The molecule has 0 aliphatic rings. The molecule has 0 saturated heterocycles. The lowest BCUT2D eigenvalue weighted by atomic mass is 10.0. The Morgan fingerprint density at radius 3 is 2.39 bits per heavy atom. The topological polar surface area (TPSA) is 58.6 Å². The SMILES string of the molecule is Cl.O=C(c1ccccc1)c1ccc2n[nH]nc2c1. The first-order chi connectivity index (χ1) is 8.34. The summed E-state index contributed by atoms with van der Waals surface area (Å²) >= 11 is 0. The van der Waals surface area contributed by atoms with Crippen molar-refractivity contribution in [3.05, 3.63) is 59.7 Å². The first-order valence-corrected chi connectivity index (χ1v) is 5.25. The molecule has 18 heavy (non-hydrogen) atoms.